The molecule has 1 aliphatic rings. The molecule has 0 fully saturated rings. The van der Waals surface area contributed by atoms with E-state index in [9.17, 15) is 14.0 Å². The summed E-state index contributed by atoms with van der Waals surface area (Å²) in [6, 6.07) is 15.6. The number of amides is 1. The molecule has 3 heterocycles. The van der Waals surface area contributed by atoms with Gasteiger partial charge < -0.3 is 5.32 Å². The Labute approximate surface area is 187 Å². The Balaban J connectivity index is 1.33. The molecule has 1 N–H and O–H groups in total. The first-order chi connectivity index (χ1) is 15.6. The number of nitrogens with zero attached hydrogens (tertiary/aromatic N) is 4. The van der Waals surface area contributed by atoms with Gasteiger partial charge in [0.1, 0.15) is 11.2 Å². The van der Waals surface area contributed by atoms with Crippen LogP contribution in [0.15, 0.2) is 70.7 Å². The molecular weight excluding hydrogens is 429 g/mol. The van der Waals surface area contributed by atoms with Gasteiger partial charge in [0.05, 0.1) is 17.9 Å². The Morgan fingerprint density at radius 2 is 1.94 bits per heavy atom. The number of hydrogen-bond acceptors (Lipinski definition) is 5. The summed E-state index contributed by atoms with van der Waals surface area (Å²) in [4.78, 5) is 30.3. The molecule has 2 aromatic carbocycles. The smallest absolute Gasteiger partial charge is 0.265 e. The topological polar surface area (TPSA) is 81.8 Å². The van der Waals surface area contributed by atoms with Gasteiger partial charge in [-0.25, -0.2) is 14.1 Å². The summed E-state index contributed by atoms with van der Waals surface area (Å²) in [5.74, 6) is 0.165. The Hall–Kier alpha value is -3.46. The monoisotopic (exact) mass is 449 g/mol. The minimum atomic E-state index is -0.348. The molecule has 2 aromatic heterocycles. The average molecular weight is 450 g/mol. The summed E-state index contributed by atoms with van der Waals surface area (Å²) in [6.45, 7) is 0.548. The van der Waals surface area contributed by atoms with E-state index in [-0.39, 0.29) is 29.7 Å². The number of carbonyl (C=O) groups is 1. The molecule has 1 amide bonds. The summed E-state index contributed by atoms with van der Waals surface area (Å²) >= 11 is 1.45. The van der Waals surface area contributed by atoms with Gasteiger partial charge in [-0.15, -0.1) is 0 Å². The fraction of sp³-hybridized carbons (Fsp3) is 0.217. The minimum Gasteiger partial charge on any atom is -0.356 e. The second-order valence-electron chi connectivity index (χ2n) is 7.59. The van der Waals surface area contributed by atoms with Crippen molar-refractivity contribution in [2.45, 2.75) is 24.0 Å². The Kier molecular flexibility index (Phi) is 5.48. The van der Waals surface area contributed by atoms with Crippen molar-refractivity contribution in [3.8, 4) is 5.69 Å². The molecule has 9 heteroatoms. The number of rotatable bonds is 6. The quantitative estimate of drug-likeness (QED) is 0.458. The van der Waals surface area contributed by atoms with Crippen molar-refractivity contribution in [2.75, 3.05) is 12.3 Å². The summed E-state index contributed by atoms with van der Waals surface area (Å²) < 4.78 is 16.4. The molecule has 32 heavy (non-hydrogen) atoms. The Bertz CT molecular complexity index is 1330. The number of carbonyl (C=O) groups excluding carboxylic acids is 1. The van der Waals surface area contributed by atoms with Crippen LogP contribution in [0.1, 0.15) is 18.0 Å². The first-order valence-corrected chi connectivity index (χ1v) is 11.3. The molecule has 0 spiro atoms. The summed E-state index contributed by atoms with van der Waals surface area (Å²) in [5.41, 5.74) is 1.99. The highest BCUT2D eigenvalue weighted by Crippen LogP contribution is 2.33. The van der Waals surface area contributed by atoms with E-state index >= 15 is 0 Å². The minimum absolute atomic E-state index is 0.0895. The van der Waals surface area contributed by atoms with Crippen LogP contribution in [0, 0.1) is 5.82 Å². The molecule has 0 bridgehead atoms. The maximum Gasteiger partial charge on any atom is 0.265 e. The van der Waals surface area contributed by atoms with E-state index in [2.05, 4.69) is 15.4 Å². The van der Waals surface area contributed by atoms with Gasteiger partial charge in [0.2, 0.25) is 5.91 Å². The standard InChI is InChI=1S/C23H20FN5O2S/c24-16-6-8-17(9-7-16)29-21-19(13-26-29)22(31)28-18(14-32-23(28)27-21)12-20(30)25-11-10-15-4-2-1-3-5-15/h1-9,13,18H,10-12,14H2,(H,25,30)/t18-/m0/s1. The fourth-order valence-corrected chi connectivity index (χ4v) is 4.96. The fourth-order valence-electron chi connectivity index (χ4n) is 3.83. The van der Waals surface area contributed by atoms with Crippen LogP contribution in [-0.4, -0.2) is 37.5 Å². The maximum absolute atomic E-state index is 13.3. The second-order valence-corrected chi connectivity index (χ2v) is 8.58. The lowest BCUT2D eigenvalue weighted by Gasteiger charge is -2.13. The van der Waals surface area contributed by atoms with Gasteiger partial charge in [-0.05, 0) is 36.2 Å². The number of halogens is 1. The van der Waals surface area contributed by atoms with Gasteiger partial charge >= 0.3 is 0 Å². The van der Waals surface area contributed by atoms with Crippen LogP contribution in [0.5, 0.6) is 0 Å². The SMILES string of the molecule is O=C(C[C@H]1CSc2nc3c(cnn3-c3ccc(F)cc3)c(=O)n21)NCCc1ccccc1. The van der Waals surface area contributed by atoms with Gasteiger partial charge in [-0.3, -0.25) is 14.2 Å². The van der Waals surface area contributed by atoms with E-state index in [0.717, 1.165) is 12.0 Å². The van der Waals surface area contributed by atoms with Crippen molar-refractivity contribution < 1.29 is 9.18 Å². The Morgan fingerprint density at radius 3 is 2.72 bits per heavy atom. The zero-order chi connectivity index (χ0) is 22.1. The van der Waals surface area contributed by atoms with Crippen molar-refractivity contribution in [3.05, 3.63) is 82.5 Å². The summed E-state index contributed by atoms with van der Waals surface area (Å²) in [6.07, 6.45) is 2.45. The molecule has 1 aliphatic heterocycles. The first-order valence-electron chi connectivity index (χ1n) is 10.3. The van der Waals surface area contributed by atoms with E-state index < -0.39 is 0 Å². The molecule has 4 aromatic rings. The van der Waals surface area contributed by atoms with E-state index in [1.54, 1.807) is 16.7 Å². The van der Waals surface area contributed by atoms with Crippen molar-refractivity contribution >= 4 is 28.7 Å². The van der Waals surface area contributed by atoms with E-state index in [1.165, 1.54) is 34.8 Å². The molecule has 7 nitrogen and oxygen atoms in total. The molecule has 0 unspecified atom stereocenters. The average Bonchev–Trinajstić information content (AvgIpc) is 3.40. The van der Waals surface area contributed by atoms with Crippen LogP contribution in [0.2, 0.25) is 0 Å². The number of nitrogens with one attached hydrogen (secondary N) is 1. The summed E-state index contributed by atoms with van der Waals surface area (Å²) in [5, 5.41) is 8.16. The lowest BCUT2D eigenvalue weighted by atomic mass is 10.1. The predicted molar refractivity (Wildman–Crippen MR) is 121 cm³/mol. The summed E-state index contributed by atoms with van der Waals surface area (Å²) in [7, 11) is 0. The molecule has 0 saturated carbocycles. The highest BCUT2D eigenvalue weighted by Gasteiger charge is 2.29. The second kappa shape index (κ2) is 8.58. The molecular formula is C23H20FN5O2S. The number of hydrogen-bond donors (Lipinski definition) is 1. The van der Waals surface area contributed by atoms with Gasteiger partial charge in [-0.2, -0.15) is 5.10 Å². The van der Waals surface area contributed by atoms with Crippen molar-refractivity contribution in [1.82, 2.24) is 24.6 Å². The first kappa shape index (κ1) is 20.4. The van der Waals surface area contributed by atoms with Crippen molar-refractivity contribution in [2.24, 2.45) is 0 Å². The molecule has 5 rings (SSSR count). The highest BCUT2D eigenvalue weighted by atomic mass is 32.2. The number of benzene rings is 2. The lowest BCUT2D eigenvalue weighted by molar-refractivity contribution is -0.121. The van der Waals surface area contributed by atoms with Gasteiger partial charge in [0.15, 0.2) is 10.8 Å². The predicted octanol–water partition coefficient (Wildman–Crippen LogP) is 3.12. The maximum atomic E-state index is 13.3. The zero-order valence-corrected chi connectivity index (χ0v) is 17.9. The highest BCUT2D eigenvalue weighted by molar-refractivity contribution is 7.99. The van der Waals surface area contributed by atoms with Gasteiger partial charge in [0, 0.05) is 18.7 Å². The molecule has 0 radical (unpaired) electrons. The molecule has 0 aliphatic carbocycles. The van der Waals surface area contributed by atoms with Crippen LogP contribution in [0.4, 0.5) is 4.39 Å². The van der Waals surface area contributed by atoms with E-state index in [0.29, 0.717) is 34.2 Å². The number of thioether (sulfide) groups is 1. The third-order valence-electron chi connectivity index (χ3n) is 5.44. The molecule has 0 saturated heterocycles. The van der Waals surface area contributed by atoms with E-state index in [1.807, 2.05) is 30.3 Å². The van der Waals surface area contributed by atoms with Gasteiger partial charge in [-0.1, -0.05) is 42.1 Å². The third-order valence-corrected chi connectivity index (χ3v) is 6.54. The van der Waals surface area contributed by atoms with Crippen LogP contribution >= 0.6 is 11.8 Å². The molecule has 1 atom stereocenters. The largest absolute Gasteiger partial charge is 0.356 e. The molecule has 162 valence electrons. The van der Waals surface area contributed by atoms with Crippen molar-refractivity contribution in [3.63, 3.8) is 0 Å². The van der Waals surface area contributed by atoms with Crippen LogP contribution in [0.3, 0.4) is 0 Å². The lowest BCUT2D eigenvalue weighted by Crippen LogP contribution is -2.31. The normalized spacial score (nSPS) is 15.1. The van der Waals surface area contributed by atoms with Gasteiger partial charge in [0.25, 0.3) is 5.56 Å². The number of fused-ring (bicyclic) bond motifs is 2. The Morgan fingerprint density at radius 1 is 1.16 bits per heavy atom. The van der Waals surface area contributed by atoms with Crippen molar-refractivity contribution in [1.29, 1.82) is 0 Å². The van der Waals surface area contributed by atoms with Crippen LogP contribution in [-0.2, 0) is 11.2 Å². The van der Waals surface area contributed by atoms with E-state index in [4.69, 9.17) is 0 Å². The van der Waals surface area contributed by atoms with Crippen LogP contribution in [0.25, 0.3) is 16.7 Å². The van der Waals surface area contributed by atoms with Crippen LogP contribution < -0.4 is 10.9 Å². The number of aromatic nitrogens is 4. The zero-order valence-electron chi connectivity index (χ0n) is 17.1. The third kappa shape index (κ3) is 3.91.